The summed E-state index contributed by atoms with van der Waals surface area (Å²) in [6, 6.07) is 10.3. The third-order valence-corrected chi connectivity index (χ3v) is 3.41. The molecule has 1 aliphatic heterocycles. The molecule has 3 rings (SSSR count). The lowest BCUT2D eigenvalue weighted by molar-refractivity contribution is 0.339. The molecule has 4 heteroatoms. The van der Waals surface area contributed by atoms with Gasteiger partial charge in [0.05, 0.1) is 6.04 Å². The van der Waals surface area contributed by atoms with Crippen LogP contribution in [0.1, 0.15) is 42.9 Å². The van der Waals surface area contributed by atoms with Crippen LogP contribution >= 0.6 is 0 Å². The molecule has 1 unspecified atom stereocenters. The SMILES string of the molecule is Cc1cc(NC2COc3ccccc32)nc(C(C)C)n1. The number of benzene rings is 1. The third-order valence-electron chi connectivity index (χ3n) is 3.41. The van der Waals surface area contributed by atoms with Crippen LogP contribution in [0.25, 0.3) is 0 Å². The normalized spacial score (nSPS) is 16.9. The molecule has 0 bridgehead atoms. The van der Waals surface area contributed by atoms with E-state index < -0.39 is 0 Å². The van der Waals surface area contributed by atoms with E-state index in [0.29, 0.717) is 12.5 Å². The second-order valence-electron chi connectivity index (χ2n) is 5.45. The van der Waals surface area contributed by atoms with E-state index in [-0.39, 0.29) is 6.04 Å². The Morgan fingerprint density at radius 1 is 1.25 bits per heavy atom. The Morgan fingerprint density at radius 3 is 2.85 bits per heavy atom. The summed E-state index contributed by atoms with van der Waals surface area (Å²) >= 11 is 0. The van der Waals surface area contributed by atoms with E-state index in [2.05, 4.69) is 35.2 Å². The van der Waals surface area contributed by atoms with Gasteiger partial charge in [0.25, 0.3) is 0 Å². The number of nitrogens with zero attached hydrogens (tertiary/aromatic N) is 2. The van der Waals surface area contributed by atoms with Crippen LogP contribution < -0.4 is 10.1 Å². The summed E-state index contributed by atoms with van der Waals surface area (Å²) in [6.07, 6.45) is 0. The van der Waals surface area contributed by atoms with E-state index in [9.17, 15) is 0 Å². The molecule has 1 atom stereocenters. The first-order valence-corrected chi connectivity index (χ1v) is 6.97. The van der Waals surface area contributed by atoms with Gasteiger partial charge in [-0.2, -0.15) is 0 Å². The molecule has 0 amide bonds. The van der Waals surface area contributed by atoms with Gasteiger partial charge in [-0.05, 0) is 13.0 Å². The lowest BCUT2D eigenvalue weighted by atomic mass is 10.1. The van der Waals surface area contributed by atoms with Gasteiger partial charge in [-0.15, -0.1) is 0 Å². The number of para-hydroxylation sites is 1. The number of anilines is 1. The van der Waals surface area contributed by atoms with Gasteiger partial charge in [0.1, 0.15) is 24.0 Å². The average Bonchev–Trinajstić information content (AvgIpc) is 2.82. The van der Waals surface area contributed by atoms with Crippen LogP contribution in [-0.4, -0.2) is 16.6 Å². The fourth-order valence-electron chi connectivity index (χ4n) is 2.38. The van der Waals surface area contributed by atoms with Crippen LogP contribution in [0.2, 0.25) is 0 Å². The van der Waals surface area contributed by atoms with Crippen molar-refractivity contribution in [3.8, 4) is 5.75 Å². The number of rotatable bonds is 3. The first kappa shape index (κ1) is 12.9. The van der Waals surface area contributed by atoms with Crippen molar-refractivity contribution in [3.63, 3.8) is 0 Å². The largest absolute Gasteiger partial charge is 0.491 e. The lowest BCUT2D eigenvalue weighted by Gasteiger charge is -2.14. The number of fused-ring (bicyclic) bond motifs is 1. The van der Waals surface area contributed by atoms with Crippen LogP contribution in [0.3, 0.4) is 0 Å². The summed E-state index contributed by atoms with van der Waals surface area (Å²) in [7, 11) is 0. The molecule has 0 fully saturated rings. The fraction of sp³-hybridized carbons (Fsp3) is 0.375. The molecule has 104 valence electrons. The highest BCUT2D eigenvalue weighted by Crippen LogP contribution is 2.33. The molecule has 0 aliphatic carbocycles. The first-order valence-electron chi connectivity index (χ1n) is 6.97. The third kappa shape index (κ3) is 2.46. The molecule has 2 heterocycles. The quantitative estimate of drug-likeness (QED) is 0.927. The molecule has 4 nitrogen and oxygen atoms in total. The molecule has 1 N–H and O–H groups in total. The minimum atomic E-state index is 0.153. The number of hydrogen-bond acceptors (Lipinski definition) is 4. The standard InChI is InChI=1S/C16H19N3O/c1-10(2)16-17-11(3)8-15(19-16)18-13-9-20-14-7-5-4-6-12(13)14/h4-8,10,13H,9H2,1-3H3,(H,17,18,19). The summed E-state index contributed by atoms with van der Waals surface area (Å²) in [4.78, 5) is 9.06. The zero-order valence-corrected chi connectivity index (χ0v) is 12.1. The smallest absolute Gasteiger partial charge is 0.133 e. The Balaban J connectivity index is 1.86. The highest BCUT2D eigenvalue weighted by atomic mass is 16.5. The first-order chi connectivity index (χ1) is 9.63. The number of aryl methyl sites for hydroxylation is 1. The molecule has 0 spiro atoms. The molecule has 0 saturated heterocycles. The Morgan fingerprint density at radius 2 is 2.05 bits per heavy atom. The number of ether oxygens (including phenoxy) is 1. The Labute approximate surface area is 119 Å². The molecule has 20 heavy (non-hydrogen) atoms. The Bertz CT molecular complexity index is 625. The summed E-state index contributed by atoms with van der Waals surface area (Å²) in [5.74, 6) is 3.02. The van der Waals surface area contributed by atoms with Crippen molar-refractivity contribution in [2.45, 2.75) is 32.7 Å². The predicted molar refractivity (Wildman–Crippen MR) is 79.2 cm³/mol. The molecular formula is C16H19N3O. The van der Waals surface area contributed by atoms with Gasteiger partial charge in [-0.3, -0.25) is 0 Å². The molecular weight excluding hydrogens is 250 g/mol. The maximum Gasteiger partial charge on any atom is 0.133 e. The van der Waals surface area contributed by atoms with Gasteiger partial charge >= 0.3 is 0 Å². The van der Waals surface area contributed by atoms with Crippen molar-refractivity contribution in [2.24, 2.45) is 0 Å². The van der Waals surface area contributed by atoms with Crippen molar-refractivity contribution >= 4 is 5.82 Å². The van der Waals surface area contributed by atoms with E-state index in [0.717, 1.165) is 23.1 Å². The van der Waals surface area contributed by atoms with Crippen LogP contribution in [0.4, 0.5) is 5.82 Å². The monoisotopic (exact) mass is 269 g/mol. The van der Waals surface area contributed by atoms with E-state index in [1.54, 1.807) is 0 Å². The van der Waals surface area contributed by atoms with Gasteiger partial charge in [0.15, 0.2) is 0 Å². The van der Waals surface area contributed by atoms with Crippen molar-refractivity contribution < 1.29 is 4.74 Å². The number of nitrogens with one attached hydrogen (secondary N) is 1. The van der Waals surface area contributed by atoms with E-state index in [1.165, 1.54) is 5.56 Å². The minimum Gasteiger partial charge on any atom is -0.491 e. The highest BCUT2D eigenvalue weighted by molar-refractivity contribution is 5.46. The number of aromatic nitrogens is 2. The second-order valence-corrected chi connectivity index (χ2v) is 5.45. The molecule has 0 saturated carbocycles. The van der Waals surface area contributed by atoms with E-state index in [4.69, 9.17) is 4.74 Å². The summed E-state index contributed by atoms with van der Waals surface area (Å²) in [5.41, 5.74) is 2.17. The topological polar surface area (TPSA) is 47.0 Å². The Kier molecular flexibility index (Phi) is 3.30. The molecule has 0 radical (unpaired) electrons. The average molecular weight is 269 g/mol. The van der Waals surface area contributed by atoms with E-state index >= 15 is 0 Å². The van der Waals surface area contributed by atoms with Crippen LogP contribution in [0.15, 0.2) is 30.3 Å². The molecule has 1 aliphatic rings. The van der Waals surface area contributed by atoms with Gasteiger partial charge in [-0.25, -0.2) is 9.97 Å². The highest BCUT2D eigenvalue weighted by Gasteiger charge is 2.23. The van der Waals surface area contributed by atoms with Crippen molar-refractivity contribution in [1.82, 2.24) is 9.97 Å². The summed E-state index contributed by atoms with van der Waals surface area (Å²) in [6.45, 7) is 6.84. The zero-order chi connectivity index (χ0) is 14.1. The van der Waals surface area contributed by atoms with Crippen LogP contribution in [0, 0.1) is 6.92 Å². The summed E-state index contributed by atoms with van der Waals surface area (Å²) < 4.78 is 5.69. The number of hydrogen-bond donors (Lipinski definition) is 1. The summed E-state index contributed by atoms with van der Waals surface area (Å²) in [5, 5.41) is 3.46. The van der Waals surface area contributed by atoms with Gasteiger partial charge < -0.3 is 10.1 Å². The maximum absolute atomic E-state index is 5.69. The lowest BCUT2D eigenvalue weighted by Crippen LogP contribution is -2.14. The Hall–Kier alpha value is -2.10. The van der Waals surface area contributed by atoms with Gasteiger partial charge in [0, 0.05) is 23.2 Å². The molecule has 1 aromatic heterocycles. The van der Waals surface area contributed by atoms with Crippen molar-refractivity contribution in [1.29, 1.82) is 0 Å². The predicted octanol–water partition coefficient (Wildman–Crippen LogP) is 3.45. The van der Waals surface area contributed by atoms with Crippen molar-refractivity contribution in [3.05, 3.63) is 47.4 Å². The minimum absolute atomic E-state index is 0.153. The fourth-order valence-corrected chi connectivity index (χ4v) is 2.38. The molecule has 2 aromatic rings. The van der Waals surface area contributed by atoms with Crippen LogP contribution in [0.5, 0.6) is 5.75 Å². The maximum atomic E-state index is 5.69. The van der Waals surface area contributed by atoms with Gasteiger partial charge in [0.2, 0.25) is 0 Å². The van der Waals surface area contributed by atoms with E-state index in [1.807, 2.05) is 31.2 Å². The van der Waals surface area contributed by atoms with Crippen LogP contribution in [-0.2, 0) is 0 Å². The van der Waals surface area contributed by atoms with Gasteiger partial charge in [-0.1, -0.05) is 32.0 Å². The zero-order valence-electron chi connectivity index (χ0n) is 12.1. The second kappa shape index (κ2) is 5.12. The molecule has 1 aromatic carbocycles. The van der Waals surface area contributed by atoms with Crippen molar-refractivity contribution in [2.75, 3.05) is 11.9 Å².